The molecule has 0 amide bonds. The highest BCUT2D eigenvalue weighted by molar-refractivity contribution is 7.70. The van der Waals surface area contributed by atoms with E-state index in [2.05, 4.69) is 24.9 Å². The van der Waals surface area contributed by atoms with Gasteiger partial charge in [0.1, 0.15) is 11.6 Å². The molecule has 2 N–H and O–H groups in total. The summed E-state index contributed by atoms with van der Waals surface area (Å²) in [6, 6.07) is 7.87. The van der Waals surface area contributed by atoms with Crippen LogP contribution in [-0.4, -0.2) is 56.9 Å². The van der Waals surface area contributed by atoms with Gasteiger partial charge in [-0.25, -0.2) is 22.5 Å². The van der Waals surface area contributed by atoms with Crippen molar-refractivity contribution in [2.24, 2.45) is 0 Å². The number of halogens is 2. The van der Waals surface area contributed by atoms with Gasteiger partial charge in [0.25, 0.3) is 0 Å². The summed E-state index contributed by atoms with van der Waals surface area (Å²) < 4.78 is 38.7. The van der Waals surface area contributed by atoms with Crippen LogP contribution in [0.5, 0.6) is 0 Å². The van der Waals surface area contributed by atoms with Crippen molar-refractivity contribution in [3.8, 4) is 0 Å². The summed E-state index contributed by atoms with van der Waals surface area (Å²) in [4.78, 5) is 24.4. The van der Waals surface area contributed by atoms with Gasteiger partial charge in [-0.2, -0.15) is 0 Å². The Labute approximate surface area is 197 Å². The number of hydrogen-bond acceptors (Lipinski definition) is 7. The first-order chi connectivity index (χ1) is 15.9. The van der Waals surface area contributed by atoms with Gasteiger partial charge in [-0.05, 0) is 42.7 Å². The molecule has 2 aromatic carbocycles. The molecule has 33 heavy (non-hydrogen) atoms. The molecule has 0 radical (unpaired) electrons. The predicted octanol–water partition coefficient (Wildman–Crippen LogP) is 2.11. The van der Waals surface area contributed by atoms with E-state index >= 15 is 4.39 Å². The fourth-order valence-electron chi connectivity index (χ4n) is 3.78. The number of hydrogen-bond donors (Lipinski definition) is 3. The summed E-state index contributed by atoms with van der Waals surface area (Å²) in [7, 11) is -2.70. The van der Waals surface area contributed by atoms with Gasteiger partial charge >= 0.3 is 0 Å². The van der Waals surface area contributed by atoms with Crippen LogP contribution < -0.4 is 14.9 Å². The van der Waals surface area contributed by atoms with Crippen LogP contribution >= 0.6 is 11.6 Å². The quantitative estimate of drug-likeness (QED) is 0.252. The maximum absolute atomic E-state index is 15.2. The van der Waals surface area contributed by atoms with Gasteiger partial charge in [0.2, 0.25) is 10.9 Å². The van der Waals surface area contributed by atoms with Crippen LogP contribution in [0.3, 0.4) is 0 Å². The Morgan fingerprint density at radius 2 is 1.97 bits per heavy atom. The number of nitrogens with zero attached hydrogens (tertiary/aromatic N) is 3. The Morgan fingerprint density at radius 3 is 2.73 bits per heavy atom. The summed E-state index contributed by atoms with van der Waals surface area (Å²) >= 11 is 6.20. The molecule has 8 nitrogen and oxygen atoms in total. The molecule has 0 spiro atoms. The number of thiol groups is 1. The Morgan fingerprint density at radius 1 is 1.18 bits per heavy atom. The van der Waals surface area contributed by atoms with Gasteiger partial charge in [0.05, 0.1) is 27.8 Å². The van der Waals surface area contributed by atoms with E-state index in [-0.39, 0.29) is 29.1 Å². The Hall–Kier alpha value is -2.66. The van der Waals surface area contributed by atoms with E-state index in [1.54, 1.807) is 24.4 Å². The number of piperazine rings is 1. The zero-order valence-electron chi connectivity index (χ0n) is 17.7. The maximum Gasteiger partial charge on any atom is 0.201 e. The molecule has 0 atom stereocenters. The van der Waals surface area contributed by atoms with E-state index in [0.717, 1.165) is 32.0 Å². The summed E-state index contributed by atoms with van der Waals surface area (Å²) in [5, 5.41) is 3.30. The average Bonchev–Trinajstić information content (AvgIpc) is 2.82. The molecular weight excluding hydrogens is 469 g/mol. The number of ketones is 1. The summed E-state index contributed by atoms with van der Waals surface area (Å²) in [6.07, 6.45) is 2.36. The van der Waals surface area contributed by atoms with E-state index < -0.39 is 22.5 Å². The first-order valence-electron chi connectivity index (χ1n) is 10.6. The molecule has 2 heterocycles. The average molecular weight is 492 g/mol. The molecule has 1 fully saturated rings. The van der Waals surface area contributed by atoms with Gasteiger partial charge in [0, 0.05) is 38.3 Å². The maximum atomic E-state index is 15.2. The van der Waals surface area contributed by atoms with Crippen LogP contribution in [0.1, 0.15) is 27.9 Å². The second-order valence-corrected chi connectivity index (χ2v) is 8.90. The van der Waals surface area contributed by atoms with Crippen molar-refractivity contribution in [2.45, 2.75) is 12.8 Å². The van der Waals surface area contributed by atoms with E-state index in [1.807, 2.05) is 0 Å². The van der Waals surface area contributed by atoms with Crippen LogP contribution in [0.4, 0.5) is 10.2 Å². The predicted molar refractivity (Wildman–Crippen MR) is 126 cm³/mol. The molecule has 0 bridgehead atoms. The summed E-state index contributed by atoms with van der Waals surface area (Å²) in [5.74, 6) is -0.510. The van der Waals surface area contributed by atoms with E-state index in [9.17, 15) is 13.2 Å². The first-order valence-corrected chi connectivity index (χ1v) is 12.1. The third kappa shape index (κ3) is 5.47. The third-order valence-electron chi connectivity index (χ3n) is 5.49. The van der Waals surface area contributed by atoms with Crippen LogP contribution in [-0.2, 0) is 17.3 Å². The topological polar surface area (TPSA) is 104 Å². The molecule has 0 aliphatic carbocycles. The van der Waals surface area contributed by atoms with Crippen LogP contribution in [0.15, 0.2) is 36.5 Å². The summed E-state index contributed by atoms with van der Waals surface area (Å²) in [6.45, 7) is 3.53. The van der Waals surface area contributed by atoms with Crippen LogP contribution in [0, 0.1) is 5.82 Å². The normalized spacial score (nSPS) is 14.2. The second kappa shape index (κ2) is 10.5. The minimum absolute atomic E-state index is 0.0164. The number of anilines is 1. The van der Waals surface area contributed by atoms with Crippen LogP contribution in [0.2, 0.25) is 5.02 Å². The number of fused-ring (bicyclic) bond motifs is 1. The minimum atomic E-state index is -2.70. The largest absolute Gasteiger partial charge is 0.353 e. The van der Waals surface area contributed by atoms with Crippen molar-refractivity contribution in [3.05, 3.63) is 64.1 Å². The highest BCUT2D eigenvalue weighted by Gasteiger charge is 2.21. The number of aromatic nitrogens is 2. The Balaban J connectivity index is 1.61. The number of rotatable bonds is 8. The standard InChI is InChI=1S/C22H23ClFN5O3S/c23-16-5-3-14(2-1-7-27-33(31)32)21(24)20(16)22(30)15-4-6-17-18(12-15)28-19(13-26-17)29-10-8-25-9-11-29/h3-6,12-13,25,33H,1-2,7-11H2,(H,27,31,32). The molecule has 0 unspecified atom stereocenters. The third-order valence-corrected chi connectivity index (χ3v) is 6.29. The smallest absolute Gasteiger partial charge is 0.201 e. The monoisotopic (exact) mass is 491 g/mol. The summed E-state index contributed by atoms with van der Waals surface area (Å²) in [5.41, 5.74) is 1.53. The van der Waals surface area contributed by atoms with Gasteiger partial charge < -0.3 is 10.2 Å². The van der Waals surface area contributed by atoms with Gasteiger partial charge in [0.15, 0.2) is 5.78 Å². The number of benzene rings is 2. The van der Waals surface area contributed by atoms with E-state index in [0.29, 0.717) is 23.0 Å². The fraction of sp³-hybridized carbons (Fsp3) is 0.318. The molecule has 11 heteroatoms. The van der Waals surface area contributed by atoms with Crippen molar-refractivity contribution in [1.29, 1.82) is 0 Å². The molecule has 1 aromatic heterocycles. The highest BCUT2D eigenvalue weighted by atomic mass is 35.5. The van der Waals surface area contributed by atoms with Gasteiger partial charge in [-0.1, -0.05) is 17.7 Å². The van der Waals surface area contributed by atoms with Crippen LogP contribution in [0.25, 0.3) is 11.0 Å². The Bertz CT molecular complexity index is 1260. The van der Waals surface area contributed by atoms with Crippen molar-refractivity contribution in [1.82, 2.24) is 20.0 Å². The number of carbonyl (C=O) groups is 1. The number of aryl methyl sites for hydroxylation is 1. The Kier molecular flexibility index (Phi) is 7.49. The van der Waals surface area contributed by atoms with E-state index in [1.165, 1.54) is 12.1 Å². The molecular formula is C22H23ClFN5O3S. The van der Waals surface area contributed by atoms with Gasteiger partial charge in [-0.15, -0.1) is 0 Å². The highest BCUT2D eigenvalue weighted by Crippen LogP contribution is 2.27. The zero-order chi connectivity index (χ0) is 23.4. The lowest BCUT2D eigenvalue weighted by Gasteiger charge is -2.28. The molecule has 1 aliphatic heterocycles. The van der Waals surface area contributed by atoms with Crippen molar-refractivity contribution in [2.75, 3.05) is 37.6 Å². The van der Waals surface area contributed by atoms with Gasteiger partial charge in [-0.3, -0.25) is 9.78 Å². The molecule has 1 saturated heterocycles. The number of carbonyl (C=O) groups excluding carboxylic acids is 1. The molecule has 0 saturated carbocycles. The van der Waals surface area contributed by atoms with Crippen molar-refractivity contribution in [3.63, 3.8) is 0 Å². The first kappa shape index (κ1) is 23.5. The lowest BCUT2D eigenvalue weighted by Crippen LogP contribution is -2.43. The van der Waals surface area contributed by atoms with Crippen molar-refractivity contribution >= 4 is 45.1 Å². The lowest BCUT2D eigenvalue weighted by molar-refractivity contribution is 0.103. The minimum Gasteiger partial charge on any atom is -0.353 e. The second-order valence-electron chi connectivity index (χ2n) is 7.66. The molecule has 1 aliphatic rings. The lowest BCUT2D eigenvalue weighted by atomic mass is 9.98. The fourth-order valence-corrected chi connectivity index (χ4v) is 4.35. The number of nitrogens with one attached hydrogen (secondary N) is 2. The SMILES string of the molecule is O=C(c1ccc2ncc(N3CCNCC3)nc2c1)c1c(Cl)ccc(CCCN[SH](=O)=O)c1F. The molecule has 3 aromatic rings. The zero-order valence-corrected chi connectivity index (χ0v) is 19.3. The molecule has 174 valence electrons. The van der Waals surface area contributed by atoms with Crippen molar-refractivity contribution < 1.29 is 17.6 Å². The molecule has 4 rings (SSSR count). The van der Waals surface area contributed by atoms with E-state index in [4.69, 9.17) is 11.6 Å².